The molecular formula is C20H13Cl3N2O3S2. The number of anilines is 1. The second kappa shape index (κ2) is 8.24. The monoisotopic (exact) mass is 498 g/mol. The van der Waals surface area contributed by atoms with Gasteiger partial charge in [0, 0.05) is 10.0 Å². The van der Waals surface area contributed by atoms with Crippen molar-refractivity contribution in [2.75, 3.05) is 4.72 Å². The highest BCUT2D eigenvalue weighted by Gasteiger charge is 2.18. The zero-order valence-corrected chi connectivity index (χ0v) is 19.0. The van der Waals surface area contributed by atoms with Crippen LogP contribution in [0.3, 0.4) is 0 Å². The minimum absolute atomic E-state index is 0.0194. The topological polar surface area (TPSA) is 68.2 Å². The summed E-state index contributed by atoms with van der Waals surface area (Å²) in [6.07, 6.45) is 0. The molecule has 30 heavy (non-hydrogen) atoms. The van der Waals surface area contributed by atoms with Crippen molar-refractivity contribution in [2.24, 2.45) is 0 Å². The van der Waals surface area contributed by atoms with Crippen LogP contribution in [0.5, 0.6) is 0 Å². The first-order chi connectivity index (χ1) is 14.2. The summed E-state index contributed by atoms with van der Waals surface area (Å²) in [5, 5.41) is 1.19. The highest BCUT2D eigenvalue weighted by molar-refractivity contribution is 7.92. The number of hydrogen-bond donors (Lipinski definition) is 1. The third-order valence-corrected chi connectivity index (χ3v) is 7.50. The zero-order valence-electron chi connectivity index (χ0n) is 15.1. The lowest BCUT2D eigenvalue weighted by Gasteiger charge is -2.10. The standard InChI is InChI=1S/C20H13Cl3N2O3S2/c21-13-3-1-12(2-4-13)11-25-18-8-6-15(10-19(18)29-20(25)26)30(27,28)24-17-9-14(22)5-7-16(17)23/h1-10,24H,11H2. The van der Waals surface area contributed by atoms with Crippen molar-refractivity contribution in [1.29, 1.82) is 0 Å². The minimum Gasteiger partial charge on any atom is -0.294 e. The van der Waals surface area contributed by atoms with Crippen molar-refractivity contribution in [3.8, 4) is 0 Å². The van der Waals surface area contributed by atoms with Gasteiger partial charge in [-0.3, -0.25) is 14.1 Å². The molecule has 0 amide bonds. The van der Waals surface area contributed by atoms with Gasteiger partial charge < -0.3 is 0 Å². The Bertz CT molecular complexity index is 1410. The fourth-order valence-corrected chi connectivity index (χ4v) is 5.54. The van der Waals surface area contributed by atoms with Crippen LogP contribution in [0.2, 0.25) is 15.1 Å². The molecule has 0 saturated carbocycles. The van der Waals surface area contributed by atoms with Crippen LogP contribution >= 0.6 is 46.1 Å². The molecule has 4 rings (SSSR count). The molecule has 154 valence electrons. The van der Waals surface area contributed by atoms with Crippen LogP contribution in [0.4, 0.5) is 5.69 Å². The molecule has 0 atom stereocenters. The summed E-state index contributed by atoms with van der Waals surface area (Å²) < 4.78 is 30.2. The van der Waals surface area contributed by atoms with Gasteiger partial charge in [0.2, 0.25) is 0 Å². The third-order valence-electron chi connectivity index (χ3n) is 4.38. The van der Waals surface area contributed by atoms with E-state index in [1.54, 1.807) is 28.8 Å². The summed E-state index contributed by atoms with van der Waals surface area (Å²) >= 11 is 18.9. The van der Waals surface area contributed by atoms with Gasteiger partial charge in [-0.05, 0) is 54.1 Å². The molecule has 0 saturated heterocycles. The molecule has 5 nitrogen and oxygen atoms in total. The molecule has 1 heterocycles. The number of halogens is 3. The molecule has 4 aromatic rings. The number of aromatic nitrogens is 1. The first kappa shape index (κ1) is 21.2. The predicted molar refractivity (Wildman–Crippen MR) is 124 cm³/mol. The Morgan fingerprint density at radius 1 is 0.900 bits per heavy atom. The van der Waals surface area contributed by atoms with E-state index in [0.29, 0.717) is 26.8 Å². The Hall–Kier alpha value is -2.03. The quantitative estimate of drug-likeness (QED) is 0.373. The Kier molecular flexibility index (Phi) is 5.83. The van der Waals surface area contributed by atoms with Crippen molar-refractivity contribution in [3.05, 3.63) is 91.0 Å². The van der Waals surface area contributed by atoms with E-state index in [2.05, 4.69) is 4.72 Å². The lowest BCUT2D eigenvalue weighted by Crippen LogP contribution is -2.14. The molecule has 0 aliphatic carbocycles. The van der Waals surface area contributed by atoms with Crippen molar-refractivity contribution in [2.45, 2.75) is 11.4 Å². The van der Waals surface area contributed by atoms with Crippen LogP contribution in [0.25, 0.3) is 10.2 Å². The molecule has 0 fully saturated rings. The lowest BCUT2D eigenvalue weighted by atomic mass is 10.2. The molecule has 0 radical (unpaired) electrons. The summed E-state index contributed by atoms with van der Waals surface area (Å²) in [5.41, 5.74) is 1.74. The first-order valence-electron chi connectivity index (χ1n) is 8.59. The number of hydrogen-bond acceptors (Lipinski definition) is 4. The van der Waals surface area contributed by atoms with Gasteiger partial charge in [0.05, 0.1) is 32.4 Å². The van der Waals surface area contributed by atoms with Gasteiger partial charge in [0.25, 0.3) is 10.0 Å². The van der Waals surface area contributed by atoms with Gasteiger partial charge in [-0.25, -0.2) is 8.42 Å². The van der Waals surface area contributed by atoms with E-state index >= 15 is 0 Å². The first-order valence-corrected chi connectivity index (χ1v) is 12.0. The largest absolute Gasteiger partial charge is 0.308 e. The molecule has 1 aromatic heterocycles. The fraction of sp³-hybridized carbons (Fsp3) is 0.0500. The highest BCUT2D eigenvalue weighted by Crippen LogP contribution is 2.29. The average Bonchev–Trinajstić information content (AvgIpc) is 3.01. The maximum atomic E-state index is 12.8. The Labute approximate surface area is 191 Å². The van der Waals surface area contributed by atoms with Crippen molar-refractivity contribution in [3.63, 3.8) is 0 Å². The van der Waals surface area contributed by atoms with E-state index in [9.17, 15) is 13.2 Å². The molecule has 0 unspecified atom stereocenters. The number of nitrogens with one attached hydrogen (secondary N) is 1. The molecule has 1 N–H and O–H groups in total. The van der Waals surface area contributed by atoms with Crippen LogP contribution in [0.15, 0.2) is 70.4 Å². The normalized spacial score (nSPS) is 11.7. The second-order valence-corrected chi connectivity index (χ2v) is 10.4. The summed E-state index contributed by atoms with van der Waals surface area (Å²) in [4.78, 5) is 12.3. The van der Waals surface area contributed by atoms with E-state index < -0.39 is 10.0 Å². The molecule has 0 aliphatic rings. The van der Waals surface area contributed by atoms with E-state index in [4.69, 9.17) is 34.8 Å². The van der Waals surface area contributed by atoms with Gasteiger partial charge in [-0.1, -0.05) is 58.3 Å². The fourth-order valence-electron chi connectivity index (χ4n) is 2.92. The van der Waals surface area contributed by atoms with Gasteiger partial charge >= 0.3 is 4.87 Å². The van der Waals surface area contributed by atoms with E-state index in [-0.39, 0.29) is 20.5 Å². The number of rotatable bonds is 5. The summed E-state index contributed by atoms with van der Waals surface area (Å²) in [6, 6.07) is 16.3. The predicted octanol–water partition coefficient (Wildman–Crippen LogP) is 5.87. The molecular weight excluding hydrogens is 487 g/mol. The molecule has 10 heteroatoms. The number of sulfonamides is 1. The minimum atomic E-state index is -3.92. The van der Waals surface area contributed by atoms with Gasteiger partial charge in [-0.15, -0.1) is 0 Å². The number of nitrogens with zero attached hydrogens (tertiary/aromatic N) is 1. The summed E-state index contributed by atoms with van der Waals surface area (Å²) in [7, 11) is -3.92. The molecule has 3 aromatic carbocycles. The van der Waals surface area contributed by atoms with Gasteiger partial charge in [0.1, 0.15) is 0 Å². The highest BCUT2D eigenvalue weighted by atomic mass is 35.5. The van der Waals surface area contributed by atoms with E-state index in [0.717, 1.165) is 16.9 Å². The third kappa shape index (κ3) is 4.36. The SMILES string of the molecule is O=c1sc2cc(S(=O)(=O)Nc3cc(Cl)ccc3Cl)ccc2n1Cc1ccc(Cl)cc1. The van der Waals surface area contributed by atoms with Crippen LogP contribution in [0.1, 0.15) is 5.56 Å². The van der Waals surface area contributed by atoms with Crippen LogP contribution in [-0.2, 0) is 16.6 Å². The van der Waals surface area contributed by atoms with Crippen LogP contribution in [0, 0.1) is 0 Å². The van der Waals surface area contributed by atoms with E-state index in [1.165, 1.54) is 24.3 Å². The second-order valence-electron chi connectivity index (χ2n) is 6.44. The number of fused-ring (bicyclic) bond motifs is 1. The smallest absolute Gasteiger partial charge is 0.294 e. The van der Waals surface area contributed by atoms with Gasteiger partial charge in [0.15, 0.2) is 0 Å². The average molecular weight is 500 g/mol. The Balaban J connectivity index is 1.69. The zero-order chi connectivity index (χ0) is 21.5. The Morgan fingerprint density at radius 2 is 1.60 bits per heavy atom. The maximum absolute atomic E-state index is 12.8. The van der Waals surface area contributed by atoms with Crippen molar-refractivity contribution >= 4 is 72.1 Å². The lowest BCUT2D eigenvalue weighted by molar-refractivity contribution is 0.601. The Morgan fingerprint density at radius 3 is 2.33 bits per heavy atom. The summed E-state index contributed by atoms with van der Waals surface area (Å²) in [5.74, 6) is 0. The van der Waals surface area contributed by atoms with Crippen molar-refractivity contribution < 1.29 is 8.42 Å². The molecule has 0 aliphatic heterocycles. The summed E-state index contributed by atoms with van der Waals surface area (Å²) in [6.45, 7) is 0.360. The van der Waals surface area contributed by atoms with Gasteiger partial charge in [-0.2, -0.15) is 0 Å². The van der Waals surface area contributed by atoms with Crippen LogP contribution in [-0.4, -0.2) is 13.0 Å². The number of thiazole rings is 1. The number of benzene rings is 3. The van der Waals surface area contributed by atoms with Crippen LogP contribution < -0.4 is 9.60 Å². The maximum Gasteiger partial charge on any atom is 0.308 e. The van der Waals surface area contributed by atoms with Crippen molar-refractivity contribution in [1.82, 2.24) is 4.57 Å². The molecule has 0 bridgehead atoms. The molecule has 0 spiro atoms. The van der Waals surface area contributed by atoms with E-state index in [1.807, 2.05) is 12.1 Å².